The van der Waals surface area contributed by atoms with Gasteiger partial charge in [0.15, 0.2) is 0 Å². The third-order valence-electron chi connectivity index (χ3n) is 7.30. The first-order chi connectivity index (χ1) is 15.2. The van der Waals surface area contributed by atoms with Crippen LogP contribution >= 0.6 is 0 Å². The summed E-state index contributed by atoms with van der Waals surface area (Å²) in [5, 5.41) is 10.4. The highest BCUT2D eigenvalue weighted by Gasteiger charge is 2.38. The van der Waals surface area contributed by atoms with E-state index in [1.54, 1.807) is 0 Å². The Bertz CT molecular complexity index is 544. The molecule has 0 spiro atoms. The molecule has 32 heavy (non-hydrogen) atoms. The van der Waals surface area contributed by atoms with E-state index in [9.17, 15) is 14.7 Å². The maximum atomic E-state index is 12.4. The molecule has 1 fully saturated rings. The third kappa shape index (κ3) is 10.3. The van der Waals surface area contributed by atoms with Crippen LogP contribution in [0.25, 0.3) is 0 Å². The van der Waals surface area contributed by atoms with E-state index in [2.05, 4.69) is 20.8 Å². The number of ether oxygens (including phenoxy) is 2. The van der Waals surface area contributed by atoms with E-state index in [1.807, 2.05) is 6.92 Å². The fourth-order valence-electron chi connectivity index (χ4n) is 4.96. The van der Waals surface area contributed by atoms with Crippen molar-refractivity contribution < 1.29 is 24.2 Å². The number of esters is 1. The quantitative estimate of drug-likeness (QED) is 0.143. The van der Waals surface area contributed by atoms with Crippen LogP contribution in [0, 0.1) is 17.3 Å². The van der Waals surface area contributed by atoms with Crippen LogP contribution in [0.3, 0.4) is 0 Å². The number of unbranched alkanes of at least 4 members (excludes halogenated alkanes) is 4. The van der Waals surface area contributed by atoms with E-state index in [0.717, 1.165) is 44.9 Å². The number of hydrogen-bond acceptors (Lipinski definition) is 5. The Morgan fingerprint density at radius 3 is 2.31 bits per heavy atom. The van der Waals surface area contributed by atoms with E-state index in [1.165, 1.54) is 45.6 Å². The Labute approximate surface area is 197 Å². The van der Waals surface area contributed by atoms with Crippen LogP contribution in [0.2, 0.25) is 0 Å². The van der Waals surface area contributed by atoms with Crippen molar-refractivity contribution >= 4 is 11.8 Å². The maximum Gasteiger partial charge on any atom is 0.366 e. The molecule has 5 heteroatoms. The number of aliphatic hydroxyl groups is 1. The van der Waals surface area contributed by atoms with E-state index in [4.69, 9.17) is 9.47 Å². The highest BCUT2D eigenvalue weighted by molar-refractivity contribution is 5.83. The van der Waals surface area contributed by atoms with Crippen LogP contribution < -0.4 is 0 Å². The lowest BCUT2D eigenvalue weighted by atomic mass is 9.79. The van der Waals surface area contributed by atoms with Crippen LogP contribution in [-0.4, -0.2) is 36.4 Å². The molecule has 5 nitrogen and oxygen atoms in total. The van der Waals surface area contributed by atoms with Gasteiger partial charge in [-0.2, -0.15) is 0 Å². The summed E-state index contributed by atoms with van der Waals surface area (Å²) in [6.07, 6.45) is 14.6. The lowest BCUT2D eigenvalue weighted by molar-refractivity contribution is -0.222. The van der Waals surface area contributed by atoms with Crippen molar-refractivity contribution in [2.45, 2.75) is 130 Å². The van der Waals surface area contributed by atoms with Gasteiger partial charge in [-0.15, -0.1) is 0 Å². The van der Waals surface area contributed by atoms with Crippen LogP contribution in [0.15, 0.2) is 0 Å². The molecule has 0 heterocycles. The lowest BCUT2D eigenvalue weighted by Crippen LogP contribution is -2.42. The largest absolute Gasteiger partial charge is 0.462 e. The number of rotatable bonds is 18. The van der Waals surface area contributed by atoms with Crippen molar-refractivity contribution in [1.82, 2.24) is 0 Å². The second kappa shape index (κ2) is 15.1. The van der Waals surface area contributed by atoms with E-state index in [-0.39, 0.29) is 12.3 Å². The van der Waals surface area contributed by atoms with Gasteiger partial charge in [-0.1, -0.05) is 66.2 Å². The Balaban J connectivity index is 2.35. The van der Waals surface area contributed by atoms with Crippen molar-refractivity contribution in [3.05, 3.63) is 0 Å². The zero-order valence-electron chi connectivity index (χ0n) is 21.5. The second-order valence-electron chi connectivity index (χ2n) is 10.6. The van der Waals surface area contributed by atoms with Gasteiger partial charge in [-0.25, -0.2) is 4.79 Å². The molecule has 0 aromatic heterocycles. The predicted molar refractivity (Wildman–Crippen MR) is 129 cm³/mol. The number of carbonyl (C=O) groups is 2. The van der Waals surface area contributed by atoms with Gasteiger partial charge in [0.2, 0.25) is 0 Å². The fraction of sp³-hybridized carbons (Fsp3) is 0.926. The molecule has 3 atom stereocenters. The minimum atomic E-state index is -1.86. The van der Waals surface area contributed by atoms with Gasteiger partial charge in [0.05, 0.1) is 6.61 Å². The molecule has 1 aliphatic carbocycles. The minimum Gasteiger partial charge on any atom is -0.462 e. The molecule has 0 aromatic rings. The van der Waals surface area contributed by atoms with Crippen molar-refractivity contribution in [1.29, 1.82) is 0 Å². The standard InChI is InChI=1S/C27H50O5/c1-6-8-18-26(3,4)19-13-14-22-16-17-24(28)23(22)15-11-10-12-20-27(30,31-5)25(29)32-21-9-7-2/h22-23,30H,6-21H2,1-5H3/t22-,23+,27?/m0/s1. The molecule has 0 aromatic carbocycles. The molecule has 1 saturated carbocycles. The summed E-state index contributed by atoms with van der Waals surface area (Å²) in [5.41, 5.74) is 0.407. The van der Waals surface area contributed by atoms with Gasteiger partial charge >= 0.3 is 5.97 Å². The molecule has 1 rings (SSSR count). The highest BCUT2D eigenvalue weighted by Crippen LogP contribution is 2.38. The number of hydrogen-bond donors (Lipinski definition) is 1. The molecule has 0 bridgehead atoms. The average molecular weight is 455 g/mol. The van der Waals surface area contributed by atoms with Crippen LogP contribution in [0.1, 0.15) is 124 Å². The molecule has 0 saturated heterocycles. The first-order valence-corrected chi connectivity index (χ1v) is 13.2. The van der Waals surface area contributed by atoms with Crippen molar-refractivity contribution in [3.63, 3.8) is 0 Å². The summed E-state index contributed by atoms with van der Waals surface area (Å²) in [5.74, 6) is -1.37. The van der Waals surface area contributed by atoms with Crippen molar-refractivity contribution in [3.8, 4) is 0 Å². The molecule has 0 amide bonds. The summed E-state index contributed by atoms with van der Waals surface area (Å²) in [7, 11) is 1.34. The zero-order chi connectivity index (χ0) is 24.0. The molecular weight excluding hydrogens is 404 g/mol. The smallest absolute Gasteiger partial charge is 0.366 e. The number of carbonyl (C=O) groups excluding carboxylic acids is 2. The highest BCUT2D eigenvalue weighted by atomic mass is 16.7. The monoisotopic (exact) mass is 454 g/mol. The first kappa shape index (κ1) is 29.1. The van der Waals surface area contributed by atoms with E-state index >= 15 is 0 Å². The van der Waals surface area contributed by atoms with E-state index in [0.29, 0.717) is 30.1 Å². The van der Waals surface area contributed by atoms with E-state index < -0.39 is 11.8 Å². The third-order valence-corrected chi connectivity index (χ3v) is 7.30. The van der Waals surface area contributed by atoms with Crippen LogP contribution in [-0.2, 0) is 19.1 Å². The fourth-order valence-corrected chi connectivity index (χ4v) is 4.96. The van der Waals surface area contributed by atoms with Crippen molar-refractivity contribution in [2.24, 2.45) is 17.3 Å². The number of ketones is 1. The average Bonchev–Trinajstić information content (AvgIpc) is 3.11. The minimum absolute atomic E-state index is 0.203. The Morgan fingerprint density at radius 2 is 1.66 bits per heavy atom. The van der Waals surface area contributed by atoms with Gasteiger partial charge in [0.25, 0.3) is 5.79 Å². The Kier molecular flexibility index (Phi) is 13.7. The molecular formula is C27H50O5. The summed E-state index contributed by atoms with van der Waals surface area (Å²) >= 11 is 0. The molecule has 188 valence electrons. The predicted octanol–water partition coefficient (Wildman–Crippen LogP) is 6.60. The van der Waals surface area contributed by atoms with Crippen molar-refractivity contribution in [2.75, 3.05) is 13.7 Å². The van der Waals surface area contributed by atoms with Crippen LogP contribution in [0.5, 0.6) is 0 Å². The Hall–Kier alpha value is -0.940. The topological polar surface area (TPSA) is 72.8 Å². The molecule has 1 unspecified atom stereocenters. The number of methoxy groups -OCH3 is 1. The summed E-state index contributed by atoms with van der Waals surface area (Å²) in [6.45, 7) is 9.33. The van der Waals surface area contributed by atoms with Gasteiger partial charge in [0.1, 0.15) is 5.78 Å². The zero-order valence-corrected chi connectivity index (χ0v) is 21.5. The van der Waals surface area contributed by atoms with Gasteiger partial charge < -0.3 is 14.6 Å². The molecule has 0 radical (unpaired) electrons. The number of Topliss-reactive ketones (excluding diaryl/α,β-unsaturated/α-hetero) is 1. The lowest BCUT2D eigenvalue weighted by Gasteiger charge is -2.26. The molecule has 1 N–H and O–H groups in total. The summed E-state index contributed by atoms with van der Waals surface area (Å²) < 4.78 is 10.2. The first-order valence-electron chi connectivity index (χ1n) is 13.2. The van der Waals surface area contributed by atoms with Crippen LogP contribution in [0.4, 0.5) is 0 Å². The SMILES string of the molecule is CCCCOC(=O)C(O)(CCCCC[C@H]1C(=O)CC[C@@H]1CCCC(C)(C)CCCC)OC. The van der Waals surface area contributed by atoms with Gasteiger partial charge in [-0.3, -0.25) is 4.79 Å². The normalized spacial score (nSPS) is 21.0. The van der Waals surface area contributed by atoms with Gasteiger partial charge in [-0.05, 0) is 56.3 Å². The van der Waals surface area contributed by atoms with Gasteiger partial charge in [0, 0.05) is 25.9 Å². The maximum absolute atomic E-state index is 12.4. The molecule has 0 aliphatic heterocycles. The second-order valence-corrected chi connectivity index (χ2v) is 10.6. The Morgan fingerprint density at radius 1 is 0.969 bits per heavy atom. The summed E-state index contributed by atoms with van der Waals surface area (Å²) in [4.78, 5) is 24.6. The summed E-state index contributed by atoms with van der Waals surface area (Å²) in [6, 6.07) is 0. The molecule has 1 aliphatic rings.